The molecule has 1 saturated carbocycles. The van der Waals surface area contributed by atoms with Crippen LogP contribution in [0.3, 0.4) is 0 Å². The van der Waals surface area contributed by atoms with Gasteiger partial charge in [0.1, 0.15) is 11.5 Å². The van der Waals surface area contributed by atoms with Crippen LogP contribution >= 0.6 is 0 Å². The van der Waals surface area contributed by atoms with Crippen LogP contribution in [0.15, 0.2) is 48.5 Å². The molecule has 1 heterocycles. The van der Waals surface area contributed by atoms with Crippen LogP contribution in [0.2, 0.25) is 0 Å². The number of phenols is 1. The number of hydrogen-bond donors (Lipinski definition) is 1. The SMILES string of the molecule is CC(c1ccc(C2CCCCC2)cc1)N1CCN(C(=O)CCOc2cccc(O)c2)CC1. The van der Waals surface area contributed by atoms with Gasteiger partial charge >= 0.3 is 0 Å². The van der Waals surface area contributed by atoms with Crippen molar-refractivity contribution in [2.45, 2.75) is 57.4 Å². The maximum Gasteiger partial charge on any atom is 0.226 e. The molecule has 0 bridgehead atoms. The van der Waals surface area contributed by atoms with Crippen LogP contribution in [0.5, 0.6) is 11.5 Å². The minimum absolute atomic E-state index is 0.134. The Kier molecular flexibility index (Phi) is 7.69. The van der Waals surface area contributed by atoms with Crippen molar-refractivity contribution >= 4 is 5.91 Å². The van der Waals surface area contributed by atoms with Crippen molar-refractivity contribution in [2.24, 2.45) is 0 Å². The summed E-state index contributed by atoms with van der Waals surface area (Å²) in [6, 6.07) is 16.3. The number of phenolic OH excluding ortho intramolecular Hbond substituents is 1. The van der Waals surface area contributed by atoms with Crippen LogP contribution in [0, 0.1) is 0 Å². The van der Waals surface area contributed by atoms with Gasteiger partial charge in [-0.2, -0.15) is 0 Å². The van der Waals surface area contributed by atoms with Crippen molar-refractivity contribution in [3.63, 3.8) is 0 Å². The predicted octanol–water partition coefficient (Wildman–Crippen LogP) is 5.11. The Hall–Kier alpha value is -2.53. The van der Waals surface area contributed by atoms with Gasteiger partial charge in [0, 0.05) is 38.3 Å². The fourth-order valence-corrected chi connectivity index (χ4v) is 5.04. The van der Waals surface area contributed by atoms with Gasteiger partial charge in [0.25, 0.3) is 0 Å². The van der Waals surface area contributed by atoms with Crippen LogP contribution < -0.4 is 4.74 Å². The second-order valence-corrected chi connectivity index (χ2v) is 9.19. The average molecular weight is 437 g/mol. The first-order valence-corrected chi connectivity index (χ1v) is 12.1. The Morgan fingerprint density at radius 2 is 1.75 bits per heavy atom. The number of amides is 1. The highest BCUT2D eigenvalue weighted by Gasteiger charge is 2.25. The molecule has 1 aliphatic heterocycles. The number of hydrogen-bond acceptors (Lipinski definition) is 4. The van der Waals surface area contributed by atoms with Gasteiger partial charge in [-0.15, -0.1) is 0 Å². The Morgan fingerprint density at radius 1 is 1.03 bits per heavy atom. The van der Waals surface area contributed by atoms with Gasteiger partial charge in [-0.1, -0.05) is 49.6 Å². The lowest BCUT2D eigenvalue weighted by Gasteiger charge is -2.38. The quantitative estimate of drug-likeness (QED) is 0.655. The summed E-state index contributed by atoms with van der Waals surface area (Å²) >= 11 is 0. The van der Waals surface area contributed by atoms with Crippen LogP contribution in [0.1, 0.15) is 68.5 Å². The first-order chi connectivity index (χ1) is 15.6. The van der Waals surface area contributed by atoms with Crippen molar-refractivity contribution in [1.82, 2.24) is 9.80 Å². The lowest BCUT2D eigenvalue weighted by Crippen LogP contribution is -2.49. The molecule has 1 saturated heterocycles. The van der Waals surface area contributed by atoms with E-state index in [1.807, 2.05) is 4.90 Å². The third kappa shape index (κ3) is 5.83. The molecule has 32 heavy (non-hydrogen) atoms. The number of nitrogens with zero attached hydrogens (tertiary/aromatic N) is 2. The molecule has 5 heteroatoms. The van der Waals surface area contributed by atoms with E-state index in [-0.39, 0.29) is 11.7 Å². The van der Waals surface area contributed by atoms with Gasteiger partial charge in [0.05, 0.1) is 13.0 Å². The van der Waals surface area contributed by atoms with Crippen LogP contribution in [0.25, 0.3) is 0 Å². The Morgan fingerprint density at radius 3 is 2.44 bits per heavy atom. The van der Waals surface area contributed by atoms with Gasteiger partial charge < -0.3 is 14.7 Å². The van der Waals surface area contributed by atoms with Gasteiger partial charge in [0.2, 0.25) is 5.91 Å². The molecule has 2 aromatic carbocycles. The van der Waals surface area contributed by atoms with Gasteiger partial charge in [-0.05, 0) is 48.9 Å². The van der Waals surface area contributed by atoms with Crippen LogP contribution in [-0.4, -0.2) is 53.6 Å². The third-order valence-corrected chi connectivity index (χ3v) is 7.11. The number of carbonyl (C=O) groups excluding carboxylic acids is 1. The molecule has 0 spiro atoms. The van der Waals surface area contributed by atoms with E-state index in [1.165, 1.54) is 43.2 Å². The Labute approximate surface area is 192 Å². The van der Waals surface area contributed by atoms with Crippen molar-refractivity contribution < 1.29 is 14.6 Å². The highest BCUT2D eigenvalue weighted by Crippen LogP contribution is 2.33. The highest BCUT2D eigenvalue weighted by molar-refractivity contribution is 5.76. The maximum atomic E-state index is 12.6. The first kappa shape index (κ1) is 22.7. The molecule has 0 aromatic heterocycles. The largest absolute Gasteiger partial charge is 0.508 e. The Bertz CT molecular complexity index is 869. The minimum Gasteiger partial charge on any atom is -0.508 e. The first-order valence-electron chi connectivity index (χ1n) is 12.1. The molecule has 1 amide bonds. The molecule has 1 unspecified atom stereocenters. The molecule has 1 N–H and O–H groups in total. The summed E-state index contributed by atoms with van der Waals surface area (Å²) in [6.07, 6.45) is 7.16. The molecule has 2 aliphatic rings. The standard InChI is InChI=1S/C27H36N2O3/c1-21(22-10-12-24(13-11-22)23-6-3-2-4-7-23)28-15-17-29(18-16-28)27(31)14-19-32-26-9-5-8-25(30)20-26/h5,8-13,20-21,23,30H,2-4,6-7,14-19H2,1H3. The molecule has 1 aliphatic carbocycles. The summed E-state index contributed by atoms with van der Waals surface area (Å²) < 4.78 is 5.60. The number of aromatic hydroxyl groups is 1. The lowest BCUT2D eigenvalue weighted by molar-refractivity contribution is -0.133. The van der Waals surface area contributed by atoms with E-state index in [0.29, 0.717) is 24.8 Å². The second-order valence-electron chi connectivity index (χ2n) is 9.19. The van der Waals surface area contributed by atoms with E-state index in [1.54, 1.807) is 24.3 Å². The molecule has 172 valence electrons. The zero-order chi connectivity index (χ0) is 22.3. The number of piperazine rings is 1. The van der Waals surface area contributed by atoms with Crippen molar-refractivity contribution in [1.29, 1.82) is 0 Å². The van der Waals surface area contributed by atoms with Gasteiger partial charge in [-0.3, -0.25) is 9.69 Å². The summed E-state index contributed by atoms with van der Waals surface area (Å²) in [4.78, 5) is 17.0. The Balaban J connectivity index is 1.21. The van der Waals surface area contributed by atoms with Crippen molar-refractivity contribution in [3.05, 3.63) is 59.7 Å². The summed E-state index contributed by atoms with van der Waals surface area (Å²) in [7, 11) is 0. The lowest BCUT2D eigenvalue weighted by atomic mass is 9.83. The monoisotopic (exact) mass is 436 g/mol. The van der Waals surface area contributed by atoms with Crippen LogP contribution in [-0.2, 0) is 4.79 Å². The molecule has 4 rings (SSSR count). The summed E-state index contributed by atoms with van der Waals surface area (Å²) in [6.45, 7) is 5.91. The molecular weight excluding hydrogens is 400 g/mol. The fraction of sp³-hybridized carbons (Fsp3) is 0.519. The molecule has 2 aromatic rings. The maximum absolute atomic E-state index is 12.6. The molecule has 1 atom stereocenters. The number of ether oxygens (including phenoxy) is 1. The highest BCUT2D eigenvalue weighted by atomic mass is 16.5. The minimum atomic E-state index is 0.134. The predicted molar refractivity (Wildman–Crippen MR) is 127 cm³/mol. The smallest absolute Gasteiger partial charge is 0.226 e. The van der Waals surface area contributed by atoms with Gasteiger partial charge in [-0.25, -0.2) is 0 Å². The number of benzene rings is 2. The van der Waals surface area contributed by atoms with Gasteiger partial charge in [0.15, 0.2) is 0 Å². The van der Waals surface area contributed by atoms with Crippen molar-refractivity contribution in [3.8, 4) is 11.5 Å². The van der Waals surface area contributed by atoms with E-state index in [2.05, 4.69) is 36.1 Å². The summed E-state index contributed by atoms with van der Waals surface area (Å²) in [5, 5.41) is 9.49. The second kappa shape index (κ2) is 10.9. The van der Waals surface area contributed by atoms with E-state index in [4.69, 9.17) is 4.74 Å². The zero-order valence-corrected chi connectivity index (χ0v) is 19.2. The van der Waals surface area contributed by atoms with E-state index >= 15 is 0 Å². The average Bonchev–Trinajstić information content (AvgIpc) is 2.84. The van der Waals surface area contributed by atoms with E-state index < -0.39 is 0 Å². The number of rotatable bonds is 7. The molecule has 0 radical (unpaired) electrons. The van der Waals surface area contributed by atoms with Crippen molar-refractivity contribution in [2.75, 3.05) is 32.8 Å². The zero-order valence-electron chi connectivity index (χ0n) is 19.2. The fourth-order valence-electron chi connectivity index (χ4n) is 5.04. The van der Waals surface area contributed by atoms with E-state index in [9.17, 15) is 9.90 Å². The summed E-state index contributed by atoms with van der Waals surface area (Å²) in [5.74, 6) is 1.64. The van der Waals surface area contributed by atoms with E-state index in [0.717, 1.165) is 32.1 Å². The normalized spacial score (nSPS) is 19.0. The summed E-state index contributed by atoms with van der Waals surface area (Å²) in [5.41, 5.74) is 2.87. The molecule has 2 fully saturated rings. The topological polar surface area (TPSA) is 53.0 Å². The molecule has 5 nitrogen and oxygen atoms in total. The van der Waals surface area contributed by atoms with Crippen LogP contribution in [0.4, 0.5) is 0 Å². The molecular formula is C27H36N2O3. The number of carbonyl (C=O) groups is 1. The third-order valence-electron chi connectivity index (χ3n) is 7.11.